The summed E-state index contributed by atoms with van der Waals surface area (Å²) in [7, 11) is 0. The lowest BCUT2D eigenvalue weighted by atomic mass is 9.77. The van der Waals surface area contributed by atoms with E-state index in [1.807, 2.05) is 0 Å². The van der Waals surface area contributed by atoms with Gasteiger partial charge in [0.15, 0.2) is 0 Å². The summed E-state index contributed by atoms with van der Waals surface area (Å²) in [5, 5.41) is 0. The van der Waals surface area contributed by atoms with E-state index >= 15 is 0 Å². The fourth-order valence-electron chi connectivity index (χ4n) is 3.36. The molecule has 3 rings (SSSR count). The molecule has 0 amide bonds. The van der Waals surface area contributed by atoms with Gasteiger partial charge in [-0.1, -0.05) is 17.7 Å². The van der Waals surface area contributed by atoms with Crippen molar-refractivity contribution < 1.29 is 9.47 Å². The van der Waals surface area contributed by atoms with Crippen LogP contribution >= 0.6 is 0 Å². The van der Waals surface area contributed by atoms with E-state index in [2.05, 4.69) is 25.1 Å². The van der Waals surface area contributed by atoms with Crippen molar-refractivity contribution in [2.45, 2.75) is 38.7 Å². The van der Waals surface area contributed by atoms with Crippen LogP contribution in [0.4, 0.5) is 0 Å². The Labute approximate surface area is 115 Å². The molecule has 3 heteroatoms. The fraction of sp³-hybridized carbons (Fsp3) is 0.625. The third kappa shape index (κ3) is 2.63. The lowest BCUT2D eigenvalue weighted by Crippen LogP contribution is -2.42. The van der Waals surface area contributed by atoms with Gasteiger partial charge in [0, 0.05) is 25.0 Å². The third-order valence-electron chi connectivity index (χ3n) is 4.45. The molecule has 1 fully saturated rings. The molecule has 0 aliphatic carbocycles. The van der Waals surface area contributed by atoms with Gasteiger partial charge in [0.25, 0.3) is 0 Å². The van der Waals surface area contributed by atoms with Crippen molar-refractivity contribution >= 4 is 0 Å². The number of benzene rings is 1. The van der Waals surface area contributed by atoms with Crippen molar-refractivity contribution in [2.75, 3.05) is 19.8 Å². The molecule has 3 nitrogen and oxygen atoms in total. The van der Waals surface area contributed by atoms with Crippen molar-refractivity contribution in [3.63, 3.8) is 0 Å². The second-order valence-electron chi connectivity index (χ2n) is 6.12. The lowest BCUT2D eigenvalue weighted by molar-refractivity contribution is -0.0235. The molecular formula is C16H23NO2. The molecule has 19 heavy (non-hydrogen) atoms. The van der Waals surface area contributed by atoms with Crippen LogP contribution in [-0.4, -0.2) is 25.9 Å². The molecule has 2 heterocycles. The average molecular weight is 261 g/mol. The number of rotatable bonds is 3. The maximum absolute atomic E-state index is 6.08. The van der Waals surface area contributed by atoms with Gasteiger partial charge in [-0.3, -0.25) is 0 Å². The number of hydrogen-bond donors (Lipinski definition) is 1. The van der Waals surface area contributed by atoms with Crippen LogP contribution in [0.5, 0.6) is 5.75 Å². The van der Waals surface area contributed by atoms with E-state index in [1.165, 1.54) is 17.5 Å². The Morgan fingerprint density at radius 3 is 3.05 bits per heavy atom. The van der Waals surface area contributed by atoms with Gasteiger partial charge in [0.05, 0.1) is 6.61 Å². The first-order valence-corrected chi connectivity index (χ1v) is 7.25. The summed E-state index contributed by atoms with van der Waals surface area (Å²) in [6, 6.07) is 6.45. The van der Waals surface area contributed by atoms with E-state index in [9.17, 15) is 0 Å². The summed E-state index contributed by atoms with van der Waals surface area (Å²) in [5.74, 6) is 1.06. The van der Waals surface area contributed by atoms with Crippen LogP contribution in [0, 0.1) is 12.3 Å². The van der Waals surface area contributed by atoms with Gasteiger partial charge in [-0.25, -0.2) is 0 Å². The lowest BCUT2D eigenvalue weighted by Gasteiger charge is -2.37. The Bertz CT molecular complexity index is 452. The smallest absolute Gasteiger partial charge is 0.123 e. The zero-order valence-corrected chi connectivity index (χ0v) is 11.7. The van der Waals surface area contributed by atoms with Crippen molar-refractivity contribution in [2.24, 2.45) is 11.1 Å². The Morgan fingerprint density at radius 2 is 2.32 bits per heavy atom. The van der Waals surface area contributed by atoms with Crippen LogP contribution in [0.1, 0.15) is 30.4 Å². The molecule has 0 saturated carbocycles. The first kappa shape index (κ1) is 12.9. The fourth-order valence-corrected chi connectivity index (χ4v) is 3.36. The summed E-state index contributed by atoms with van der Waals surface area (Å²) in [5.41, 5.74) is 8.78. The Kier molecular flexibility index (Phi) is 3.50. The highest BCUT2D eigenvalue weighted by atomic mass is 16.5. The minimum atomic E-state index is 0.125. The number of aryl methyl sites for hydroxylation is 1. The van der Waals surface area contributed by atoms with E-state index < -0.39 is 0 Å². The number of hydrogen-bond acceptors (Lipinski definition) is 3. The topological polar surface area (TPSA) is 44.5 Å². The summed E-state index contributed by atoms with van der Waals surface area (Å²) < 4.78 is 11.7. The SMILES string of the molecule is Cc1ccc2c(c1)CC(CC1(CN)CCCOC1)O2. The highest BCUT2D eigenvalue weighted by Crippen LogP contribution is 2.38. The predicted octanol–water partition coefficient (Wildman–Crippen LogP) is 2.44. The standard InChI is InChI=1S/C16H23NO2/c1-12-3-4-15-13(7-12)8-14(19-15)9-16(10-17)5-2-6-18-11-16/h3-4,7,14H,2,5-6,8-11,17H2,1H3. The van der Waals surface area contributed by atoms with E-state index in [0.29, 0.717) is 6.54 Å². The molecule has 0 radical (unpaired) electrons. The first-order chi connectivity index (χ1) is 9.21. The predicted molar refractivity (Wildman–Crippen MR) is 75.5 cm³/mol. The van der Waals surface area contributed by atoms with Crippen LogP contribution in [0.3, 0.4) is 0 Å². The summed E-state index contributed by atoms with van der Waals surface area (Å²) in [6.45, 7) is 4.50. The van der Waals surface area contributed by atoms with Gasteiger partial charge in [-0.05, 0) is 37.8 Å². The maximum atomic E-state index is 6.08. The number of fused-ring (bicyclic) bond motifs is 1. The molecule has 1 aromatic rings. The number of nitrogens with two attached hydrogens (primary N) is 1. The van der Waals surface area contributed by atoms with Crippen LogP contribution in [0.2, 0.25) is 0 Å². The zero-order chi connectivity index (χ0) is 13.3. The molecule has 2 aliphatic heterocycles. The number of ether oxygens (including phenoxy) is 2. The van der Waals surface area contributed by atoms with E-state index in [1.54, 1.807) is 0 Å². The van der Waals surface area contributed by atoms with Crippen LogP contribution in [0.25, 0.3) is 0 Å². The quantitative estimate of drug-likeness (QED) is 0.909. The second-order valence-corrected chi connectivity index (χ2v) is 6.12. The van der Waals surface area contributed by atoms with Crippen molar-refractivity contribution in [1.82, 2.24) is 0 Å². The summed E-state index contributed by atoms with van der Waals surface area (Å²) >= 11 is 0. The minimum absolute atomic E-state index is 0.125. The van der Waals surface area contributed by atoms with Gasteiger partial charge in [0.1, 0.15) is 11.9 Å². The average Bonchev–Trinajstić information content (AvgIpc) is 2.81. The normalized spacial score (nSPS) is 29.9. The Morgan fingerprint density at radius 1 is 1.42 bits per heavy atom. The van der Waals surface area contributed by atoms with Gasteiger partial charge in [-0.15, -0.1) is 0 Å². The molecule has 0 aromatic heterocycles. The van der Waals surface area contributed by atoms with E-state index in [0.717, 1.165) is 38.2 Å². The maximum Gasteiger partial charge on any atom is 0.123 e. The largest absolute Gasteiger partial charge is 0.490 e. The summed E-state index contributed by atoms with van der Waals surface area (Å²) in [6.07, 6.45) is 4.58. The third-order valence-corrected chi connectivity index (χ3v) is 4.45. The van der Waals surface area contributed by atoms with Crippen LogP contribution < -0.4 is 10.5 Å². The molecule has 1 aromatic carbocycles. The van der Waals surface area contributed by atoms with E-state index in [-0.39, 0.29) is 11.5 Å². The van der Waals surface area contributed by atoms with Crippen molar-refractivity contribution in [1.29, 1.82) is 0 Å². The molecule has 2 N–H and O–H groups in total. The highest BCUT2D eigenvalue weighted by molar-refractivity contribution is 5.40. The van der Waals surface area contributed by atoms with Gasteiger partial charge >= 0.3 is 0 Å². The van der Waals surface area contributed by atoms with E-state index in [4.69, 9.17) is 15.2 Å². The van der Waals surface area contributed by atoms with Crippen molar-refractivity contribution in [3.8, 4) is 5.75 Å². The Balaban J connectivity index is 1.69. The highest BCUT2D eigenvalue weighted by Gasteiger charge is 2.37. The molecule has 2 unspecified atom stereocenters. The minimum Gasteiger partial charge on any atom is -0.490 e. The Hall–Kier alpha value is -1.06. The van der Waals surface area contributed by atoms with Crippen molar-refractivity contribution in [3.05, 3.63) is 29.3 Å². The van der Waals surface area contributed by atoms with Gasteiger partial charge in [-0.2, -0.15) is 0 Å². The molecular weight excluding hydrogens is 238 g/mol. The van der Waals surface area contributed by atoms with Gasteiger partial charge < -0.3 is 15.2 Å². The molecule has 1 saturated heterocycles. The molecule has 2 atom stereocenters. The molecule has 2 aliphatic rings. The van der Waals surface area contributed by atoms with Gasteiger partial charge in [0.2, 0.25) is 0 Å². The monoisotopic (exact) mass is 261 g/mol. The second kappa shape index (κ2) is 5.14. The summed E-state index contributed by atoms with van der Waals surface area (Å²) in [4.78, 5) is 0. The van der Waals surface area contributed by atoms with Crippen LogP contribution in [0.15, 0.2) is 18.2 Å². The molecule has 104 valence electrons. The molecule has 0 spiro atoms. The molecule has 0 bridgehead atoms. The zero-order valence-electron chi connectivity index (χ0n) is 11.7. The van der Waals surface area contributed by atoms with Crippen LogP contribution in [-0.2, 0) is 11.2 Å². The first-order valence-electron chi connectivity index (χ1n) is 7.25.